The zero-order valence-electron chi connectivity index (χ0n) is 17.7. The Labute approximate surface area is 190 Å². The lowest BCUT2D eigenvalue weighted by atomic mass is 10.1. The summed E-state index contributed by atoms with van der Waals surface area (Å²) in [6.07, 6.45) is 0. The zero-order valence-corrected chi connectivity index (χ0v) is 19.3. The maximum atomic E-state index is 13.5. The summed E-state index contributed by atoms with van der Waals surface area (Å²) < 4.78 is 28.3. The average molecular weight is 467 g/mol. The fourth-order valence-corrected chi connectivity index (χ4v) is 5.68. The minimum Gasteiger partial charge on any atom is -0.322 e. The quantitative estimate of drug-likeness (QED) is 0.407. The number of sulfonamides is 1. The Morgan fingerprint density at radius 3 is 2.44 bits per heavy atom. The lowest BCUT2D eigenvalue weighted by molar-refractivity contribution is 0.101. The second kappa shape index (κ2) is 8.82. The number of aryl methyl sites for hydroxylation is 1. The molecule has 1 N–H and O–H groups in total. The second-order valence-corrected chi connectivity index (χ2v) is 10.6. The predicted molar refractivity (Wildman–Crippen MR) is 127 cm³/mol. The number of aromatic nitrogens is 1. The molecule has 0 aliphatic rings. The number of carbonyl (C=O) groups is 1. The van der Waals surface area contributed by atoms with Gasteiger partial charge in [0.2, 0.25) is 10.0 Å². The van der Waals surface area contributed by atoms with Crippen LogP contribution in [0, 0.1) is 6.92 Å². The summed E-state index contributed by atoms with van der Waals surface area (Å²) in [4.78, 5) is 28.1. The van der Waals surface area contributed by atoms with Gasteiger partial charge in [0.15, 0.2) is 5.78 Å². The van der Waals surface area contributed by atoms with Crippen molar-refractivity contribution in [1.82, 2.24) is 9.29 Å². The molecule has 2 aromatic heterocycles. The van der Waals surface area contributed by atoms with E-state index in [9.17, 15) is 18.0 Å². The van der Waals surface area contributed by atoms with E-state index in [-0.39, 0.29) is 29.3 Å². The molecule has 0 bridgehead atoms. The van der Waals surface area contributed by atoms with Crippen LogP contribution in [0.3, 0.4) is 0 Å². The average Bonchev–Trinajstić information content (AvgIpc) is 3.27. The van der Waals surface area contributed by atoms with Gasteiger partial charge in [-0.3, -0.25) is 9.59 Å². The summed E-state index contributed by atoms with van der Waals surface area (Å²) in [5.74, 6) is -0.137. The number of nitrogens with one attached hydrogen (secondary N) is 1. The number of hydrogen-bond acceptors (Lipinski definition) is 5. The molecule has 0 saturated carbocycles. The first-order valence-corrected chi connectivity index (χ1v) is 12.3. The highest BCUT2D eigenvalue weighted by molar-refractivity contribution is 7.89. The third kappa shape index (κ3) is 4.57. The third-order valence-electron chi connectivity index (χ3n) is 5.24. The minimum absolute atomic E-state index is 0.0756. The SMILES string of the molecule is CC(=O)c1ccc(S(=O)(=O)N(Cc2cccs2)Cc2cc3ccc(C)cc3[nH]c2=O)cc1. The number of fused-ring (bicyclic) bond motifs is 1. The Kier molecular flexibility index (Phi) is 6.10. The van der Waals surface area contributed by atoms with Crippen LogP contribution in [-0.4, -0.2) is 23.5 Å². The van der Waals surface area contributed by atoms with E-state index in [1.165, 1.54) is 46.8 Å². The normalized spacial score (nSPS) is 11.8. The van der Waals surface area contributed by atoms with Crippen LogP contribution < -0.4 is 5.56 Å². The molecule has 0 unspecified atom stereocenters. The van der Waals surface area contributed by atoms with Gasteiger partial charge < -0.3 is 4.98 Å². The van der Waals surface area contributed by atoms with E-state index in [1.54, 1.807) is 6.07 Å². The van der Waals surface area contributed by atoms with Crippen molar-refractivity contribution in [2.75, 3.05) is 0 Å². The molecule has 0 saturated heterocycles. The van der Waals surface area contributed by atoms with Crippen LogP contribution in [0.4, 0.5) is 0 Å². The number of thiophene rings is 1. The summed E-state index contributed by atoms with van der Waals surface area (Å²) in [6.45, 7) is 3.44. The zero-order chi connectivity index (χ0) is 22.9. The van der Waals surface area contributed by atoms with Crippen LogP contribution in [0.2, 0.25) is 0 Å². The van der Waals surface area contributed by atoms with E-state index >= 15 is 0 Å². The van der Waals surface area contributed by atoms with Crippen LogP contribution in [0.25, 0.3) is 10.9 Å². The molecule has 0 fully saturated rings. The fraction of sp³-hybridized carbons (Fsp3) is 0.167. The maximum absolute atomic E-state index is 13.5. The van der Waals surface area contributed by atoms with Gasteiger partial charge in [-0.05, 0) is 60.5 Å². The number of carbonyl (C=O) groups excluding carboxylic acids is 1. The van der Waals surface area contributed by atoms with Gasteiger partial charge in [-0.1, -0.05) is 30.3 Å². The smallest absolute Gasteiger partial charge is 0.252 e. The van der Waals surface area contributed by atoms with Gasteiger partial charge in [-0.25, -0.2) is 8.42 Å². The molecule has 2 heterocycles. The first kappa shape index (κ1) is 22.1. The van der Waals surface area contributed by atoms with E-state index < -0.39 is 10.0 Å². The number of benzene rings is 2. The first-order chi connectivity index (χ1) is 15.2. The largest absolute Gasteiger partial charge is 0.322 e. The second-order valence-electron chi connectivity index (χ2n) is 7.65. The van der Waals surface area contributed by atoms with E-state index in [0.717, 1.165) is 15.8 Å². The van der Waals surface area contributed by atoms with Gasteiger partial charge in [-0.2, -0.15) is 4.31 Å². The lowest BCUT2D eigenvalue weighted by Crippen LogP contribution is -2.32. The number of hydrogen-bond donors (Lipinski definition) is 1. The van der Waals surface area contributed by atoms with Crippen molar-refractivity contribution in [2.45, 2.75) is 31.8 Å². The molecule has 0 aliphatic carbocycles. The van der Waals surface area contributed by atoms with Crippen LogP contribution >= 0.6 is 11.3 Å². The number of pyridine rings is 1. The summed E-state index contributed by atoms with van der Waals surface area (Å²) in [7, 11) is -3.92. The first-order valence-electron chi connectivity index (χ1n) is 10.00. The summed E-state index contributed by atoms with van der Waals surface area (Å²) in [5.41, 5.74) is 2.22. The van der Waals surface area contributed by atoms with E-state index in [2.05, 4.69) is 4.98 Å². The Bertz CT molecular complexity index is 1440. The molecule has 0 atom stereocenters. The van der Waals surface area contributed by atoms with Crippen LogP contribution in [0.15, 0.2) is 75.7 Å². The number of aromatic amines is 1. The standard InChI is InChI=1S/C24H22N2O4S2/c1-16-5-6-19-13-20(24(28)25-23(19)12-16)14-26(15-21-4-3-11-31-21)32(29,30)22-9-7-18(8-10-22)17(2)27/h3-13H,14-15H2,1-2H3,(H,25,28). The molecule has 0 radical (unpaired) electrons. The molecule has 0 amide bonds. The minimum atomic E-state index is -3.92. The Balaban J connectivity index is 1.75. The number of H-pyrrole nitrogens is 1. The highest BCUT2D eigenvalue weighted by Gasteiger charge is 2.26. The molecular weight excluding hydrogens is 444 g/mol. The van der Waals surface area contributed by atoms with Gasteiger partial charge >= 0.3 is 0 Å². The number of rotatable bonds is 7. The highest BCUT2D eigenvalue weighted by atomic mass is 32.2. The molecule has 8 heteroatoms. The molecule has 164 valence electrons. The number of ketones is 1. The van der Waals surface area contributed by atoms with Crippen molar-refractivity contribution >= 4 is 38.0 Å². The number of nitrogens with zero attached hydrogens (tertiary/aromatic N) is 1. The molecule has 4 aromatic rings. The van der Waals surface area contributed by atoms with Gasteiger partial charge in [0, 0.05) is 34.6 Å². The Morgan fingerprint density at radius 2 is 1.78 bits per heavy atom. The fourth-order valence-electron chi connectivity index (χ4n) is 3.48. The maximum Gasteiger partial charge on any atom is 0.252 e. The molecule has 0 spiro atoms. The van der Waals surface area contributed by atoms with E-state index in [0.29, 0.717) is 16.6 Å². The van der Waals surface area contributed by atoms with Crippen LogP contribution in [0.5, 0.6) is 0 Å². The third-order valence-corrected chi connectivity index (χ3v) is 7.90. The van der Waals surface area contributed by atoms with Crippen molar-refractivity contribution < 1.29 is 13.2 Å². The van der Waals surface area contributed by atoms with Gasteiger partial charge in [-0.15, -0.1) is 11.3 Å². The monoisotopic (exact) mass is 466 g/mol. The van der Waals surface area contributed by atoms with Gasteiger partial charge in [0.05, 0.1) is 4.90 Å². The van der Waals surface area contributed by atoms with Crippen molar-refractivity contribution in [3.63, 3.8) is 0 Å². The van der Waals surface area contributed by atoms with Crippen molar-refractivity contribution in [1.29, 1.82) is 0 Å². The van der Waals surface area contributed by atoms with E-state index in [4.69, 9.17) is 0 Å². The van der Waals surface area contributed by atoms with Crippen LogP contribution in [0.1, 0.15) is 33.3 Å². The molecular formula is C24H22N2O4S2. The van der Waals surface area contributed by atoms with Crippen LogP contribution in [-0.2, 0) is 23.1 Å². The summed E-state index contributed by atoms with van der Waals surface area (Å²) in [6, 6.07) is 17.1. The van der Waals surface area contributed by atoms with Gasteiger partial charge in [0.25, 0.3) is 5.56 Å². The molecule has 6 nitrogen and oxygen atoms in total. The Hall–Kier alpha value is -3.07. The molecule has 2 aromatic carbocycles. The lowest BCUT2D eigenvalue weighted by Gasteiger charge is -2.22. The van der Waals surface area contributed by atoms with Crippen molar-refractivity contribution in [3.8, 4) is 0 Å². The molecule has 32 heavy (non-hydrogen) atoms. The predicted octanol–water partition coefficient (Wildman–Crippen LogP) is 4.49. The molecule has 4 rings (SSSR count). The summed E-state index contributed by atoms with van der Waals surface area (Å²) >= 11 is 1.45. The Morgan fingerprint density at radius 1 is 1.03 bits per heavy atom. The topological polar surface area (TPSA) is 87.3 Å². The van der Waals surface area contributed by atoms with Crippen molar-refractivity contribution in [2.24, 2.45) is 0 Å². The highest BCUT2D eigenvalue weighted by Crippen LogP contribution is 2.24. The van der Waals surface area contributed by atoms with E-state index in [1.807, 2.05) is 42.6 Å². The molecule has 0 aliphatic heterocycles. The van der Waals surface area contributed by atoms with Crippen molar-refractivity contribution in [3.05, 3.63) is 98.0 Å². The summed E-state index contributed by atoms with van der Waals surface area (Å²) in [5, 5.41) is 2.72. The number of Topliss-reactive ketones (excluding diaryl/α,β-unsaturated/α-hetero) is 1. The van der Waals surface area contributed by atoms with Gasteiger partial charge in [0.1, 0.15) is 0 Å².